The van der Waals surface area contributed by atoms with E-state index in [1.165, 1.54) is 31.5 Å². The summed E-state index contributed by atoms with van der Waals surface area (Å²) in [6, 6.07) is 24.9. The largest absolute Gasteiger partial charge is 0.356 e. The van der Waals surface area contributed by atoms with Gasteiger partial charge in [0.2, 0.25) is 0 Å². The summed E-state index contributed by atoms with van der Waals surface area (Å²) in [6.07, 6.45) is 4.64. The maximum absolute atomic E-state index is 9.04. The van der Waals surface area contributed by atoms with Crippen molar-refractivity contribution in [1.82, 2.24) is 15.4 Å². The fourth-order valence-corrected chi connectivity index (χ4v) is 5.02. The van der Waals surface area contributed by atoms with E-state index in [4.69, 9.17) is 9.78 Å². The Kier molecular flexibility index (Phi) is 8.89. The van der Waals surface area contributed by atoms with Gasteiger partial charge >= 0.3 is 0 Å². The van der Waals surface area contributed by atoms with Crippen molar-refractivity contribution < 1.29 is 4.52 Å². The van der Waals surface area contributed by atoms with Crippen LogP contribution in [0.25, 0.3) is 22.1 Å². The Morgan fingerprint density at radius 2 is 1.69 bits per heavy atom. The first-order chi connectivity index (χ1) is 17.6. The van der Waals surface area contributed by atoms with Gasteiger partial charge in [-0.25, -0.2) is 0 Å². The van der Waals surface area contributed by atoms with Gasteiger partial charge in [0.25, 0.3) is 0 Å². The highest BCUT2D eigenvalue weighted by molar-refractivity contribution is 5.89. The van der Waals surface area contributed by atoms with Gasteiger partial charge in [-0.1, -0.05) is 53.7 Å². The summed E-state index contributed by atoms with van der Waals surface area (Å²) in [4.78, 5) is 2.57. The monoisotopic (exact) mass is 480 g/mol. The molecule has 1 aliphatic rings. The maximum atomic E-state index is 9.04. The fourth-order valence-electron chi connectivity index (χ4n) is 5.02. The van der Waals surface area contributed by atoms with Crippen LogP contribution < -0.4 is 5.32 Å². The number of aromatic nitrogens is 1. The Hall–Kier alpha value is -3.46. The number of likely N-dealkylation sites (tertiary alicyclic amines) is 1. The third-order valence-corrected chi connectivity index (χ3v) is 7.03. The van der Waals surface area contributed by atoms with Crippen molar-refractivity contribution >= 4 is 11.0 Å². The highest BCUT2D eigenvalue weighted by Crippen LogP contribution is 2.33. The molecular formula is C31H36N4O. The van der Waals surface area contributed by atoms with E-state index in [1.807, 2.05) is 38.4 Å². The van der Waals surface area contributed by atoms with Gasteiger partial charge in [-0.05, 0) is 101 Å². The lowest BCUT2D eigenvalue weighted by molar-refractivity contribution is 0.172. The number of nitrogens with zero attached hydrogens (tertiary/aromatic N) is 3. The van der Waals surface area contributed by atoms with Crippen LogP contribution in [0.15, 0.2) is 71.3 Å². The number of benzene rings is 3. The summed E-state index contributed by atoms with van der Waals surface area (Å²) in [7, 11) is 3.75. The zero-order chi connectivity index (χ0) is 25.3. The molecule has 0 spiro atoms. The van der Waals surface area contributed by atoms with Crippen molar-refractivity contribution in [2.24, 2.45) is 5.92 Å². The number of hydrogen-bond donors (Lipinski definition) is 1. The molecule has 1 fully saturated rings. The SMILES string of the molecule is CNC.Cc1c(-c2ccc(C#N)cc2)ccc2c(CCC3CCN(Cc4ccccc4)CC3)noc12. The van der Waals surface area contributed by atoms with Gasteiger partial charge in [0.05, 0.1) is 17.3 Å². The summed E-state index contributed by atoms with van der Waals surface area (Å²) in [5.41, 5.74) is 7.35. The minimum Gasteiger partial charge on any atom is -0.356 e. The molecular weight excluding hydrogens is 444 g/mol. The van der Waals surface area contributed by atoms with E-state index < -0.39 is 0 Å². The molecule has 5 rings (SSSR count). The molecule has 0 saturated carbocycles. The first-order valence-corrected chi connectivity index (χ1v) is 12.9. The molecule has 1 N–H and O–H groups in total. The zero-order valence-corrected chi connectivity index (χ0v) is 21.6. The molecule has 0 amide bonds. The smallest absolute Gasteiger partial charge is 0.170 e. The molecule has 186 valence electrons. The van der Waals surface area contributed by atoms with Crippen LogP contribution in [-0.2, 0) is 13.0 Å². The fraction of sp³-hybridized carbons (Fsp3) is 0.355. The molecule has 0 bridgehead atoms. The van der Waals surface area contributed by atoms with Gasteiger partial charge < -0.3 is 9.84 Å². The van der Waals surface area contributed by atoms with E-state index >= 15 is 0 Å². The zero-order valence-electron chi connectivity index (χ0n) is 21.6. The molecule has 0 aliphatic carbocycles. The number of piperidine rings is 1. The Morgan fingerprint density at radius 1 is 1.00 bits per heavy atom. The Labute approximate surface area is 214 Å². The van der Waals surface area contributed by atoms with E-state index in [1.54, 1.807) is 0 Å². The van der Waals surface area contributed by atoms with Crippen molar-refractivity contribution in [3.63, 3.8) is 0 Å². The van der Waals surface area contributed by atoms with E-state index in [9.17, 15) is 0 Å². The van der Waals surface area contributed by atoms with E-state index in [0.717, 1.165) is 58.7 Å². The first kappa shape index (κ1) is 25.6. The summed E-state index contributed by atoms with van der Waals surface area (Å²) >= 11 is 0. The molecule has 1 saturated heterocycles. The average molecular weight is 481 g/mol. The predicted octanol–water partition coefficient (Wildman–Crippen LogP) is 6.36. The standard InChI is InChI=1S/C29H29N3O.C2H7N/c1-21-26(25-10-7-23(19-30)8-11-25)12-13-27-28(31-33-29(21)27)14-9-22-15-17-32(18-16-22)20-24-5-3-2-4-6-24;1-3-2/h2-8,10-13,22H,9,14-18,20H2,1H3;3H,1-2H3. The van der Waals surface area contributed by atoms with Gasteiger partial charge in [-0.3, -0.25) is 4.90 Å². The molecule has 2 heterocycles. The van der Waals surface area contributed by atoms with Crippen LogP contribution in [0.2, 0.25) is 0 Å². The molecule has 1 aliphatic heterocycles. The second-order valence-corrected chi connectivity index (χ2v) is 9.68. The van der Waals surface area contributed by atoms with Gasteiger partial charge in [0.1, 0.15) is 0 Å². The van der Waals surface area contributed by atoms with E-state index in [2.05, 4.69) is 70.8 Å². The van der Waals surface area contributed by atoms with Gasteiger partial charge in [-0.2, -0.15) is 5.26 Å². The van der Waals surface area contributed by atoms with Crippen LogP contribution in [0, 0.1) is 24.2 Å². The topological polar surface area (TPSA) is 65.1 Å². The van der Waals surface area contributed by atoms with Crippen LogP contribution in [-0.4, -0.2) is 37.2 Å². The van der Waals surface area contributed by atoms with Crippen molar-refractivity contribution in [2.45, 2.75) is 39.2 Å². The quantitative estimate of drug-likeness (QED) is 0.348. The van der Waals surface area contributed by atoms with Crippen LogP contribution in [0.4, 0.5) is 0 Å². The van der Waals surface area contributed by atoms with Crippen molar-refractivity contribution in [2.75, 3.05) is 27.2 Å². The Bertz CT molecular complexity index is 1280. The van der Waals surface area contributed by atoms with Crippen LogP contribution in [0.5, 0.6) is 0 Å². The number of nitriles is 1. The average Bonchev–Trinajstić information content (AvgIpc) is 3.34. The minimum absolute atomic E-state index is 0.672. The highest BCUT2D eigenvalue weighted by Gasteiger charge is 2.21. The third kappa shape index (κ3) is 6.20. The second kappa shape index (κ2) is 12.5. The van der Waals surface area contributed by atoms with Gasteiger partial charge in [0, 0.05) is 17.5 Å². The second-order valence-electron chi connectivity index (χ2n) is 9.68. The molecule has 0 atom stereocenters. The number of aryl methyl sites for hydroxylation is 2. The Balaban J connectivity index is 0.000000967. The van der Waals surface area contributed by atoms with Crippen molar-refractivity contribution in [1.29, 1.82) is 5.26 Å². The maximum Gasteiger partial charge on any atom is 0.170 e. The molecule has 3 aromatic carbocycles. The number of hydrogen-bond acceptors (Lipinski definition) is 5. The van der Waals surface area contributed by atoms with Crippen LogP contribution in [0.3, 0.4) is 0 Å². The molecule has 0 unspecified atom stereocenters. The number of nitrogens with one attached hydrogen (secondary N) is 1. The summed E-state index contributed by atoms with van der Waals surface area (Å²) < 4.78 is 5.80. The van der Waals surface area contributed by atoms with E-state index in [0.29, 0.717) is 5.56 Å². The van der Waals surface area contributed by atoms with Gasteiger partial charge in [-0.15, -0.1) is 0 Å². The third-order valence-electron chi connectivity index (χ3n) is 7.03. The lowest BCUT2D eigenvalue weighted by atomic mass is 9.90. The number of rotatable bonds is 6. The molecule has 4 aromatic rings. The minimum atomic E-state index is 0.672. The predicted molar refractivity (Wildman–Crippen MR) is 147 cm³/mol. The highest BCUT2D eigenvalue weighted by atomic mass is 16.5. The molecule has 5 heteroatoms. The lowest BCUT2D eigenvalue weighted by Gasteiger charge is -2.31. The summed E-state index contributed by atoms with van der Waals surface area (Å²) in [5.74, 6) is 0.753. The summed E-state index contributed by atoms with van der Waals surface area (Å²) in [6.45, 7) is 5.49. The van der Waals surface area contributed by atoms with Crippen molar-refractivity contribution in [3.8, 4) is 17.2 Å². The molecule has 0 radical (unpaired) electrons. The Morgan fingerprint density at radius 3 is 2.36 bits per heavy atom. The molecule has 1 aromatic heterocycles. The van der Waals surface area contributed by atoms with Crippen LogP contribution >= 0.6 is 0 Å². The number of fused-ring (bicyclic) bond motifs is 1. The summed E-state index contributed by atoms with van der Waals surface area (Å²) in [5, 5.41) is 17.4. The van der Waals surface area contributed by atoms with Gasteiger partial charge in [0.15, 0.2) is 5.58 Å². The molecule has 5 nitrogen and oxygen atoms in total. The lowest BCUT2D eigenvalue weighted by Crippen LogP contribution is -2.33. The molecule has 36 heavy (non-hydrogen) atoms. The van der Waals surface area contributed by atoms with Crippen molar-refractivity contribution in [3.05, 3.63) is 89.1 Å². The first-order valence-electron chi connectivity index (χ1n) is 12.9. The normalized spacial score (nSPS) is 14.3. The van der Waals surface area contributed by atoms with E-state index in [-0.39, 0.29) is 0 Å². The van der Waals surface area contributed by atoms with Crippen LogP contribution in [0.1, 0.15) is 41.6 Å².